The lowest BCUT2D eigenvalue weighted by Gasteiger charge is -2.26. The van der Waals surface area contributed by atoms with Crippen LogP contribution in [0, 0.1) is 0 Å². The molecule has 0 atom stereocenters. The molecule has 1 fully saturated rings. The summed E-state index contributed by atoms with van der Waals surface area (Å²) in [5.74, 6) is 0. The fourth-order valence-electron chi connectivity index (χ4n) is 1.49. The minimum absolute atomic E-state index is 0.156. The Morgan fingerprint density at radius 3 is 2.75 bits per heavy atom. The van der Waals surface area contributed by atoms with E-state index in [-0.39, 0.29) is 5.30 Å². The van der Waals surface area contributed by atoms with Crippen LogP contribution < -0.4 is 0 Å². The summed E-state index contributed by atoms with van der Waals surface area (Å²) in [5, 5.41) is 0.142. The monoisotopic (exact) mass is 247 g/mol. The molecule has 0 N–H and O–H groups in total. The van der Waals surface area contributed by atoms with E-state index in [1.807, 2.05) is 13.8 Å². The molecule has 5 heteroatoms. The molecule has 1 aliphatic heterocycles. The minimum atomic E-state index is -0.156. The number of carbonyl (C=O) groups excluding carboxylic acids is 1. The highest BCUT2D eigenvalue weighted by molar-refractivity contribution is 8.13. The average molecular weight is 247 g/mol. The van der Waals surface area contributed by atoms with Gasteiger partial charge in [0, 0.05) is 24.9 Å². The van der Waals surface area contributed by atoms with E-state index >= 15 is 0 Å². The lowest BCUT2D eigenvalue weighted by atomic mass is 10.3. The number of hydrogen-bond acceptors (Lipinski definition) is 5. The van der Waals surface area contributed by atoms with Gasteiger partial charge in [0.1, 0.15) is 0 Å². The molecule has 0 unspecified atom stereocenters. The van der Waals surface area contributed by atoms with Crippen molar-refractivity contribution in [2.24, 2.45) is 0 Å². The Morgan fingerprint density at radius 1 is 1.44 bits per heavy atom. The van der Waals surface area contributed by atoms with Gasteiger partial charge in [-0.1, -0.05) is 13.8 Å². The molecule has 0 amide bonds. The summed E-state index contributed by atoms with van der Waals surface area (Å²) in [6.07, 6.45) is 0.907. The summed E-state index contributed by atoms with van der Waals surface area (Å²) in [6.45, 7) is 9.12. The van der Waals surface area contributed by atoms with Gasteiger partial charge in [-0.05, 0) is 18.2 Å². The van der Waals surface area contributed by atoms with E-state index in [0.717, 1.165) is 39.3 Å². The highest BCUT2D eigenvalue weighted by Crippen LogP contribution is 2.12. The smallest absolute Gasteiger partial charge is 0.367 e. The van der Waals surface area contributed by atoms with E-state index in [1.54, 1.807) is 0 Å². The van der Waals surface area contributed by atoms with Crippen molar-refractivity contribution in [3.63, 3.8) is 0 Å². The highest BCUT2D eigenvalue weighted by Gasteiger charge is 2.10. The first-order valence-electron chi connectivity index (χ1n) is 5.82. The molecule has 1 aliphatic rings. The zero-order valence-corrected chi connectivity index (χ0v) is 10.9. The molecule has 0 saturated carbocycles. The van der Waals surface area contributed by atoms with Crippen molar-refractivity contribution >= 4 is 17.1 Å². The first-order chi connectivity index (χ1) is 7.68. The second-order valence-electron chi connectivity index (χ2n) is 4.07. The molecule has 0 aliphatic carbocycles. The van der Waals surface area contributed by atoms with Crippen molar-refractivity contribution in [3.8, 4) is 0 Å². The lowest BCUT2D eigenvalue weighted by Crippen LogP contribution is -2.37. The van der Waals surface area contributed by atoms with Crippen LogP contribution in [0.3, 0.4) is 0 Å². The van der Waals surface area contributed by atoms with Crippen molar-refractivity contribution in [2.45, 2.75) is 25.5 Å². The van der Waals surface area contributed by atoms with Gasteiger partial charge in [0.2, 0.25) is 0 Å². The predicted octanol–water partition coefficient (Wildman–Crippen LogP) is 1.99. The van der Waals surface area contributed by atoms with E-state index in [2.05, 4.69) is 4.90 Å². The van der Waals surface area contributed by atoms with Gasteiger partial charge in [-0.15, -0.1) is 0 Å². The van der Waals surface area contributed by atoms with Gasteiger partial charge in [0.15, 0.2) is 0 Å². The van der Waals surface area contributed by atoms with Gasteiger partial charge in [-0.25, -0.2) is 4.79 Å². The van der Waals surface area contributed by atoms with Crippen LogP contribution in [0.2, 0.25) is 0 Å². The number of thioether (sulfide) groups is 1. The van der Waals surface area contributed by atoms with Gasteiger partial charge in [-0.3, -0.25) is 4.90 Å². The molecule has 0 aromatic heterocycles. The molecule has 4 nitrogen and oxygen atoms in total. The van der Waals surface area contributed by atoms with Crippen LogP contribution >= 0.6 is 11.8 Å². The van der Waals surface area contributed by atoms with Crippen LogP contribution in [0.15, 0.2) is 0 Å². The Kier molecular flexibility index (Phi) is 6.84. The molecule has 0 spiro atoms. The Morgan fingerprint density at radius 2 is 2.12 bits per heavy atom. The SMILES string of the molecule is CC(C)SC(=O)OCCCN1CCOCC1. The van der Waals surface area contributed by atoms with Crippen LogP contribution in [0.25, 0.3) is 0 Å². The topological polar surface area (TPSA) is 38.8 Å². The lowest BCUT2D eigenvalue weighted by molar-refractivity contribution is 0.0350. The van der Waals surface area contributed by atoms with E-state index in [9.17, 15) is 4.79 Å². The Labute approximate surface area is 102 Å². The van der Waals surface area contributed by atoms with Crippen LogP contribution in [0.4, 0.5) is 4.79 Å². The maximum Gasteiger partial charge on any atom is 0.367 e. The van der Waals surface area contributed by atoms with Crippen molar-refractivity contribution in [3.05, 3.63) is 0 Å². The largest absolute Gasteiger partial charge is 0.458 e. The molecular formula is C11H21NO3S. The van der Waals surface area contributed by atoms with Crippen molar-refractivity contribution in [1.29, 1.82) is 0 Å². The number of rotatable bonds is 5. The summed E-state index contributed by atoms with van der Waals surface area (Å²) < 4.78 is 10.4. The number of carbonyl (C=O) groups is 1. The fourth-order valence-corrected chi connectivity index (χ4v) is 2.03. The van der Waals surface area contributed by atoms with Crippen LogP contribution in [0.1, 0.15) is 20.3 Å². The zero-order chi connectivity index (χ0) is 11.8. The van der Waals surface area contributed by atoms with E-state index < -0.39 is 0 Å². The molecule has 0 aromatic rings. The number of morpholine rings is 1. The molecule has 94 valence electrons. The van der Waals surface area contributed by atoms with Crippen molar-refractivity contribution in [1.82, 2.24) is 4.90 Å². The molecule has 1 rings (SSSR count). The van der Waals surface area contributed by atoms with Gasteiger partial charge < -0.3 is 9.47 Å². The van der Waals surface area contributed by atoms with Crippen LogP contribution in [0.5, 0.6) is 0 Å². The predicted molar refractivity (Wildman–Crippen MR) is 66.0 cm³/mol. The molecule has 0 radical (unpaired) electrons. The third-order valence-electron chi connectivity index (χ3n) is 2.27. The molecule has 16 heavy (non-hydrogen) atoms. The van der Waals surface area contributed by atoms with Gasteiger partial charge in [0.05, 0.1) is 19.8 Å². The first-order valence-corrected chi connectivity index (χ1v) is 6.70. The standard InChI is InChI=1S/C11H21NO3S/c1-10(2)16-11(13)15-7-3-4-12-5-8-14-9-6-12/h10H,3-9H2,1-2H3. The molecule has 1 saturated heterocycles. The van der Waals surface area contributed by atoms with E-state index in [0.29, 0.717) is 11.9 Å². The number of ether oxygens (including phenoxy) is 2. The summed E-state index contributed by atoms with van der Waals surface area (Å²) in [4.78, 5) is 13.6. The summed E-state index contributed by atoms with van der Waals surface area (Å²) >= 11 is 1.25. The fraction of sp³-hybridized carbons (Fsp3) is 0.909. The van der Waals surface area contributed by atoms with Crippen LogP contribution in [-0.2, 0) is 9.47 Å². The van der Waals surface area contributed by atoms with Gasteiger partial charge in [-0.2, -0.15) is 0 Å². The van der Waals surface area contributed by atoms with E-state index in [4.69, 9.17) is 9.47 Å². The Hall–Kier alpha value is -0.260. The number of nitrogens with zero attached hydrogens (tertiary/aromatic N) is 1. The minimum Gasteiger partial charge on any atom is -0.458 e. The van der Waals surface area contributed by atoms with E-state index in [1.165, 1.54) is 11.8 Å². The summed E-state index contributed by atoms with van der Waals surface area (Å²) in [5.41, 5.74) is 0. The summed E-state index contributed by atoms with van der Waals surface area (Å²) in [6, 6.07) is 0. The van der Waals surface area contributed by atoms with Crippen molar-refractivity contribution < 1.29 is 14.3 Å². The Bertz CT molecular complexity index is 205. The summed E-state index contributed by atoms with van der Waals surface area (Å²) in [7, 11) is 0. The third kappa shape index (κ3) is 6.35. The normalized spacial score (nSPS) is 17.7. The second kappa shape index (κ2) is 7.92. The average Bonchev–Trinajstić information content (AvgIpc) is 2.25. The third-order valence-corrected chi connectivity index (χ3v) is 3.06. The first kappa shape index (κ1) is 13.8. The molecule has 1 heterocycles. The zero-order valence-electron chi connectivity index (χ0n) is 10.1. The molecule has 0 bridgehead atoms. The molecular weight excluding hydrogens is 226 g/mol. The Balaban J connectivity index is 1.96. The number of hydrogen-bond donors (Lipinski definition) is 0. The van der Waals surface area contributed by atoms with Gasteiger partial charge in [0.25, 0.3) is 0 Å². The van der Waals surface area contributed by atoms with Gasteiger partial charge >= 0.3 is 5.30 Å². The second-order valence-corrected chi connectivity index (χ2v) is 5.58. The van der Waals surface area contributed by atoms with Crippen LogP contribution in [-0.4, -0.2) is 54.9 Å². The maximum absolute atomic E-state index is 11.2. The maximum atomic E-state index is 11.2. The van der Waals surface area contributed by atoms with Crippen molar-refractivity contribution in [2.75, 3.05) is 39.5 Å². The quantitative estimate of drug-likeness (QED) is 0.549. The molecule has 0 aromatic carbocycles. The highest BCUT2D eigenvalue weighted by atomic mass is 32.2.